The Morgan fingerprint density at radius 3 is 2.78 bits per heavy atom. The quantitative estimate of drug-likeness (QED) is 0.878. The molecule has 2 N–H and O–H groups in total. The van der Waals surface area contributed by atoms with E-state index in [2.05, 4.69) is 22.8 Å². The summed E-state index contributed by atoms with van der Waals surface area (Å²) in [7, 11) is 0. The van der Waals surface area contributed by atoms with E-state index in [1.165, 1.54) is 17.9 Å². The van der Waals surface area contributed by atoms with E-state index in [-0.39, 0.29) is 6.03 Å². The molecule has 18 heavy (non-hydrogen) atoms. The number of thioether (sulfide) groups is 1. The van der Waals surface area contributed by atoms with E-state index in [1.54, 1.807) is 4.90 Å². The molecule has 4 nitrogen and oxygen atoms in total. The summed E-state index contributed by atoms with van der Waals surface area (Å²) in [5.74, 6) is 2.44. The van der Waals surface area contributed by atoms with Gasteiger partial charge in [-0.05, 0) is 36.4 Å². The summed E-state index contributed by atoms with van der Waals surface area (Å²) in [6, 6.07) is 8.73. The van der Waals surface area contributed by atoms with E-state index >= 15 is 0 Å². The summed E-state index contributed by atoms with van der Waals surface area (Å²) in [6.07, 6.45) is 1.24. The molecule has 0 saturated carbocycles. The smallest absolute Gasteiger partial charge is 0.321 e. The van der Waals surface area contributed by atoms with Crippen LogP contribution in [0.5, 0.6) is 0 Å². The van der Waals surface area contributed by atoms with Crippen molar-refractivity contribution in [3.8, 4) is 0 Å². The van der Waals surface area contributed by atoms with Crippen LogP contribution in [0.3, 0.4) is 0 Å². The van der Waals surface area contributed by atoms with Gasteiger partial charge in [0.2, 0.25) is 0 Å². The number of benzene rings is 1. The number of nitrogens with one attached hydrogen (secondary N) is 2. The number of carbonyl (C=O) groups excluding carboxylic acids is 1. The molecule has 0 aromatic heterocycles. The Balaban J connectivity index is 1.66. The van der Waals surface area contributed by atoms with E-state index in [0.29, 0.717) is 6.04 Å². The van der Waals surface area contributed by atoms with Crippen LogP contribution in [0.1, 0.15) is 6.42 Å². The van der Waals surface area contributed by atoms with Crippen molar-refractivity contribution in [2.24, 2.45) is 0 Å². The molecule has 2 fully saturated rings. The van der Waals surface area contributed by atoms with Crippen molar-refractivity contribution < 1.29 is 4.79 Å². The van der Waals surface area contributed by atoms with Crippen LogP contribution in [-0.2, 0) is 0 Å². The van der Waals surface area contributed by atoms with Crippen LogP contribution >= 0.6 is 11.8 Å². The standard InChI is InChI=1S/C13H17N3OS/c17-13-14-6-7-16(13)12-3-1-10(2-4-12)15-11-5-8-18-9-11/h1-4,11,15H,5-9H2,(H,14,17). The predicted molar refractivity (Wildman–Crippen MR) is 76.5 cm³/mol. The first-order chi connectivity index (χ1) is 8.83. The molecule has 2 saturated heterocycles. The molecule has 5 heteroatoms. The highest BCUT2D eigenvalue weighted by atomic mass is 32.2. The van der Waals surface area contributed by atoms with Gasteiger partial charge in [0.25, 0.3) is 0 Å². The molecule has 0 aliphatic carbocycles. The molecule has 0 spiro atoms. The molecule has 0 bridgehead atoms. The first kappa shape index (κ1) is 11.7. The average Bonchev–Trinajstić information content (AvgIpc) is 3.02. The number of nitrogens with zero attached hydrogens (tertiary/aromatic N) is 1. The second kappa shape index (κ2) is 5.10. The Morgan fingerprint density at radius 2 is 2.17 bits per heavy atom. The van der Waals surface area contributed by atoms with Gasteiger partial charge in [-0.3, -0.25) is 4.90 Å². The first-order valence-electron chi connectivity index (χ1n) is 6.33. The van der Waals surface area contributed by atoms with Crippen LogP contribution in [-0.4, -0.2) is 36.7 Å². The van der Waals surface area contributed by atoms with Crippen LogP contribution in [0, 0.1) is 0 Å². The van der Waals surface area contributed by atoms with E-state index in [9.17, 15) is 4.79 Å². The van der Waals surface area contributed by atoms with Gasteiger partial charge in [0.05, 0.1) is 0 Å². The van der Waals surface area contributed by atoms with E-state index < -0.39 is 0 Å². The first-order valence-corrected chi connectivity index (χ1v) is 7.48. The highest BCUT2D eigenvalue weighted by molar-refractivity contribution is 7.99. The average molecular weight is 263 g/mol. The third kappa shape index (κ3) is 2.41. The van der Waals surface area contributed by atoms with E-state index in [1.807, 2.05) is 23.9 Å². The minimum absolute atomic E-state index is 0.00269. The van der Waals surface area contributed by atoms with Crippen molar-refractivity contribution >= 4 is 29.2 Å². The number of carbonyl (C=O) groups is 1. The molecule has 1 unspecified atom stereocenters. The Labute approximate surface area is 111 Å². The number of urea groups is 1. The van der Waals surface area contributed by atoms with Gasteiger partial charge in [0.15, 0.2) is 0 Å². The normalized spacial score (nSPS) is 23.2. The number of rotatable bonds is 3. The summed E-state index contributed by atoms with van der Waals surface area (Å²) >= 11 is 2.00. The molecule has 1 atom stereocenters. The molecule has 2 amide bonds. The fourth-order valence-electron chi connectivity index (χ4n) is 2.34. The Bertz CT molecular complexity index is 428. The molecule has 2 heterocycles. The van der Waals surface area contributed by atoms with Crippen molar-refractivity contribution in [2.75, 3.05) is 34.8 Å². The van der Waals surface area contributed by atoms with Crippen LogP contribution in [0.2, 0.25) is 0 Å². The van der Waals surface area contributed by atoms with Gasteiger partial charge in [-0.1, -0.05) is 0 Å². The third-order valence-corrected chi connectivity index (χ3v) is 4.50. The fraction of sp³-hybridized carbons (Fsp3) is 0.462. The lowest BCUT2D eigenvalue weighted by molar-refractivity contribution is 0.252. The molecule has 2 aliphatic heterocycles. The van der Waals surface area contributed by atoms with Crippen LogP contribution < -0.4 is 15.5 Å². The number of hydrogen-bond acceptors (Lipinski definition) is 3. The van der Waals surface area contributed by atoms with Gasteiger partial charge >= 0.3 is 6.03 Å². The van der Waals surface area contributed by atoms with Gasteiger partial charge in [-0.15, -0.1) is 0 Å². The van der Waals surface area contributed by atoms with Gasteiger partial charge in [0.1, 0.15) is 0 Å². The van der Waals surface area contributed by atoms with Crippen molar-refractivity contribution in [1.29, 1.82) is 0 Å². The second-order valence-electron chi connectivity index (χ2n) is 4.64. The zero-order chi connectivity index (χ0) is 12.4. The van der Waals surface area contributed by atoms with Crippen LogP contribution in [0.25, 0.3) is 0 Å². The Morgan fingerprint density at radius 1 is 1.33 bits per heavy atom. The van der Waals surface area contributed by atoms with E-state index in [4.69, 9.17) is 0 Å². The highest BCUT2D eigenvalue weighted by Gasteiger charge is 2.21. The SMILES string of the molecule is O=C1NCCN1c1ccc(NC2CCSC2)cc1. The van der Waals surface area contributed by atoms with Gasteiger partial charge in [0, 0.05) is 36.3 Å². The highest BCUT2D eigenvalue weighted by Crippen LogP contribution is 2.23. The number of anilines is 2. The maximum Gasteiger partial charge on any atom is 0.321 e. The maximum absolute atomic E-state index is 11.5. The van der Waals surface area contributed by atoms with E-state index in [0.717, 1.165) is 24.5 Å². The molecule has 96 valence electrons. The minimum Gasteiger partial charge on any atom is -0.381 e. The van der Waals surface area contributed by atoms with Crippen molar-refractivity contribution in [3.05, 3.63) is 24.3 Å². The molecule has 0 radical (unpaired) electrons. The summed E-state index contributed by atoms with van der Waals surface area (Å²) in [5.41, 5.74) is 2.11. The summed E-state index contributed by atoms with van der Waals surface area (Å²) in [5, 5.41) is 6.34. The van der Waals surface area contributed by atoms with Crippen molar-refractivity contribution in [1.82, 2.24) is 5.32 Å². The van der Waals surface area contributed by atoms with Crippen LogP contribution in [0.4, 0.5) is 16.2 Å². The lowest BCUT2D eigenvalue weighted by atomic mass is 10.2. The number of hydrogen-bond donors (Lipinski definition) is 2. The summed E-state index contributed by atoms with van der Waals surface area (Å²) in [4.78, 5) is 13.3. The zero-order valence-electron chi connectivity index (χ0n) is 10.2. The molecule has 1 aromatic rings. The largest absolute Gasteiger partial charge is 0.381 e. The monoisotopic (exact) mass is 263 g/mol. The summed E-state index contributed by atoms with van der Waals surface area (Å²) in [6.45, 7) is 1.49. The second-order valence-corrected chi connectivity index (χ2v) is 5.79. The fourth-order valence-corrected chi connectivity index (χ4v) is 3.49. The molecular formula is C13H17N3OS. The van der Waals surface area contributed by atoms with Gasteiger partial charge in [-0.2, -0.15) is 11.8 Å². The van der Waals surface area contributed by atoms with Crippen molar-refractivity contribution in [2.45, 2.75) is 12.5 Å². The lowest BCUT2D eigenvalue weighted by Crippen LogP contribution is -2.27. The molecular weight excluding hydrogens is 246 g/mol. The van der Waals surface area contributed by atoms with Crippen molar-refractivity contribution in [3.63, 3.8) is 0 Å². The Kier molecular flexibility index (Phi) is 3.32. The topological polar surface area (TPSA) is 44.4 Å². The minimum atomic E-state index is 0.00269. The molecule has 3 rings (SSSR count). The molecule has 1 aromatic carbocycles. The van der Waals surface area contributed by atoms with Gasteiger partial charge in [-0.25, -0.2) is 4.79 Å². The maximum atomic E-state index is 11.5. The lowest BCUT2D eigenvalue weighted by Gasteiger charge is -2.16. The third-order valence-electron chi connectivity index (χ3n) is 3.34. The van der Waals surface area contributed by atoms with Crippen LogP contribution in [0.15, 0.2) is 24.3 Å². The summed E-state index contributed by atoms with van der Waals surface area (Å²) < 4.78 is 0. The Hall–Kier alpha value is -1.36. The predicted octanol–water partition coefficient (Wildman–Crippen LogP) is 2.13. The molecule has 2 aliphatic rings. The zero-order valence-corrected chi connectivity index (χ0v) is 11.0. The van der Waals surface area contributed by atoms with Gasteiger partial charge < -0.3 is 10.6 Å². The number of amides is 2.